The quantitative estimate of drug-likeness (QED) is 0.300. The van der Waals surface area contributed by atoms with Crippen LogP contribution in [0.5, 0.6) is 11.5 Å². The Balaban J connectivity index is 1.87. The monoisotopic (exact) mass is 372 g/mol. The number of benzene rings is 2. The number of hydrogen-bond donors (Lipinski definition) is 3. The lowest BCUT2D eigenvalue weighted by molar-refractivity contribution is -0.385. The van der Waals surface area contributed by atoms with E-state index in [0.29, 0.717) is 5.75 Å². The van der Waals surface area contributed by atoms with Gasteiger partial charge in [0.15, 0.2) is 5.75 Å². The molecule has 2 amide bonds. The van der Waals surface area contributed by atoms with Gasteiger partial charge in [-0.1, -0.05) is 12.1 Å². The third-order valence-electron chi connectivity index (χ3n) is 3.39. The second-order valence-corrected chi connectivity index (χ2v) is 5.24. The third kappa shape index (κ3) is 5.53. The van der Waals surface area contributed by atoms with E-state index < -0.39 is 28.2 Å². The fourth-order valence-electron chi connectivity index (χ4n) is 1.99. The highest BCUT2D eigenvalue weighted by molar-refractivity contribution is 6.35. The van der Waals surface area contributed by atoms with Crippen LogP contribution >= 0.6 is 0 Å². The first kappa shape index (κ1) is 19.4. The minimum Gasteiger partial charge on any atom is -0.502 e. The van der Waals surface area contributed by atoms with Gasteiger partial charge in [0, 0.05) is 18.2 Å². The summed E-state index contributed by atoms with van der Waals surface area (Å²) >= 11 is 0. The van der Waals surface area contributed by atoms with Crippen molar-refractivity contribution >= 4 is 23.7 Å². The molecule has 140 valence electrons. The van der Waals surface area contributed by atoms with Crippen LogP contribution in [0, 0.1) is 10.1 Å². The number of carbonyl (C=O) groups excluding carboxylic acids is 2. The molecule has 27 heavy (non-hydrogen) atoms. The number of methoxy groups -OCH3 is 1. The molecule has 0 unspecified atom stereocenters. The van der Waals surface area contributed by atoms with Gasteiger partial charge in [0.1, 0.15) is 5.75 Å². The van der Waals surface area contributed by atoms with Gasteiger partial charge in [-0.05, 0) is 29.8 Å². The first-order chi connectivity index (χ1) is 12.9. The van der Waals surface area contributed by atoms with Crippen molar-refractivity contribution in [3.63, 3.8) is 0 Å². The zero-order valence-corrected chi connectivity index (χ0v) is 14.2. The number of hydrazone groups is 1. The van der Waals surface area contributed by atoms with E-state index in [2.05, 4.69) is 10.4 Å². The molecule has 2 rings (SSSR count). The van der Waals surface area contributed by atoms with Crippen molar-refractivity contribution in [3.05, 3.63) is 63.7 Å². The van der Waals surface area contributed by atoms with Gasteiger partial charge < -0.3 is 15.2 Å². The normalized spacial score (nSPS) is 10.4. The number of ether oxygens (including phenoxy) is 1. The largest absolute Gasteiger partial charge is 0.502 e. The number of carbonyl (C=O) groups is 2. The number of nitro groups is 1. The van der Waals surface area contributed by atoms with Gasteiger partial charge in [0.05, 0.1) is 18.2 Å². The molecule has 0 saturated heterocycles. The lowest BCUT2D eigenvalue weighted by atomic mass is 10.2. The number of phenols is 1. The van der Waals surface area contributed by atoms with E-state index in [0.717, 1.165) is 23.9 Å². The average Bonchev–Trinajstić information content (AvgIpc) is 2.67. The summed E-state index contributed by atoms with van der Waals surface area (Å²) in [6.07, 6.45) is 1.11. The predicted molar refractivity (Wildman–Crippen MR) is 95.3 cm³/mol. The molecule has 0 aliphatic heterocycles. The molecule has 0 saturated carbocycles. The van der Waals surface area contributed by atoms with Gasteiger partial charge >= 0.3 is 17.5 Å². The number of nitro benzene ring substituents is 1. The van der Waals surface area contributed by atoms with Crippen LogP contribution in [0.4, 0.5) is 5.69 Å². The molecule has 3 N–H and O–H groups in total. The second-order valence-electron chi connectivity index (χ2n) is 5.24. The van der Waals surface area contributed by atoms with Gasteiger partial charge in [0.2, 0.25) is 0 Å². The number of hydrogen-bond acceptors (Lipinski definition) is 7. The van der Waals surface area contributed by atoms with Crippen molar-refractivity contribution in [1.29, 1.82) is 0 Å². The van der Waals surface area contributed by atoms with Crippen molar-refractivity contribution in [2.24, 2.45) is 5.10 Å². The Morgan fingerprint density at radius 2 is 1.93 bits per heavy atom. The van der Waals surface area contributed by atoms with Crippen LogP contribution in [0.1, 0.15) is 11.1 Å². The van der Waals surface area contributed by atoms with Gasteiger partial charge in [-0.25, -0.2) is 5.43 Å². The van der Waals surface area contributed by atoms with E-state index in [1.807, 2.05) is 5.43 Å². The van der Waals surface area contributed by atoms with Crippen molar-refractivity contribution in [1.82, 2.24) is 10.7 Å². The summed E-state index contributed by atoms with van der Waals surface area (Å²) in [6, 6.07) is 10.5. The molecule has 0 aromatic heterocycles. The van der Waals surface area contributed by atoms with Crippen LogP contribution < -0.4 is 15.5 Å². The average molecular weight is 372 g/mol. The Morgan fingerprint density at radius 1 is 1.22 bits per heavy atom. The van der Waals surface area contributed by atoms with Gasteiger partial charge in [-0.15, -0.1) is 0 Å². The maximum atomic E-state index is 11.7. The molecule has 0 atom stereocenters. The van der Waals surface area contributed by atoms with Crippen molar-refractivity contribution in [3.8, 4) is 11.5 Å². The van der Waals surface area contributed by atoms with Crippen LogP contribution in [0.2, 0.25) is 0 Å². The molecule has 2 aromatic rings. The fourth-order valence-corrected chi connectivity index (χ4v) is 1.99. The number of amides is 2. The van der Waals surface area contributed by atoms with E-state index in [4.69, 9.17) is 4.74 Å². The highest BCUT2D eigenvalue weighted by Gasteiger charge is 2.14. The van der Waals surface area contributed by atoms with Crippen LogP contribution in [0.15, 0.2) is 47.6 Å². The second kappa shape index (κ2) is 8.94. The number of nitrogens with zero attached hydrogens (tertiary/aromatic N) is 2. The SMILES string of the molecule is COc1ccc(CNC(=O)C(=O)N/N=C/c2ccc(O)c([N+](=O)[O-])c2)cc1. The summed E-state index contributed by atoms with van der Waals surface area (Å²) in [5.74, 6) is -1.70. The van der Waals surface area contributed by atoms with Crippen LogP contribution in [-0.4, -0.2) is 35.2 Å². The standard InChI is InChI=1S/C17H16N4O6/c1-27-13-5-2-11(3-6-13)9-18-16(23)17(24)20-19-10-12-4-7-15(22)14(8-12)21(25)26/h2-8,10,22H,9H2,1H3,(H,18,23)(H,20,24)/b19-10+. The summed E-state index contributed by atoms with van der Waals surface area (Å²) in [4.78, 5) is 33.4. The van der Waals surface area contributed by atoms with E-state index in [1.54, 1.807) is 24.3 Å². The zero-order chi connectivity index (χ0) is 19.8. The summed E-state index contributed by atoms with van der Waals surface area (Å²) in [6.45, 7) is 0.143. The first-order valence-corrected chi connectivity index (χ1v) is 7.62. The molecule has 0 heterocycles. The smallest absolute Gasteiger partial charge is 0.329 e. The van der Waals surface area contributed by atoms with Crippen molar-refractivity contribution in [2.75, 3.05) is 7.11 Å². The number of nitrogens with one attached hydrogen (secondary N) is 2. The molecular weight excluding hydrogens is 356 g/mol. The molecule has 0 radical (unpaired) electrons. The van der Waals surface area contributed by atoms with Crippen LogP contribution in [0.3, 0.4) is 0 Å². The minimum atomic E-state index is -0.993. The highest BCUT2D eigenvalue weighted by atomic mass is 16.6. The van der Waals surface area contributed by atoms with Gasteiger partial charge in [-0.3, -0.25) is 19.7 Å². The van der Waals surface area contributed by atoms with Crippen LogP contribution in [-0.2, 0) is 16.1 Å². The summed E-state index contributed by atoms with van der Waals surface area (Å²) in [5.41, 5.74) is 2.55. The van der Waals surface area contributed by atoms with E-state index in [9.17, 15) is 24.8 Å². The lowest BCUT2D eigenvalue weighted by Gasteiger charge is -2.05. The topological polar surface area (TPSA) is 143 Å². The highest BCUT2D eigenvalue weighted by Crippen LogP contribution is 2.25. The fraction of sp³-hybridized carbons (Fsp3) is 0.118. The minimum absolute atomic E-state index is 0.143. The maximum absolute atomic E-state index is 11.7. The van der Waals surface area contributed by atoms with Gasteiger partial charge in [0.25, 0.3) is 0 Å². The van der Waals surface area contributed by atoms with Crippen molar-refractivity contribution in [2.45, 2.75) is 6.54 Å². The Kier molecular flexibility index (Phi) is 6.42. The molecular formula is C17H16N4O6. The van der Waals surface area contributed by atoms with Crippen LogP contribution in [0.25, 0.3) is 0 Å². The number of rotatable bonds is 6. The summed E-state index contributed by atoms with van der Waals surface area (Å²) in [5, 5.41) is 26.1. The molecule has 0 aliphatic rings. The molecule has 0 aliphatic carbocycles. The molecule has 0 fully saturated rings. The summed E-state index contributed by atoms with van der Waals surface area (Å²) < 4.78 is 5.02. The molecule has 10 heteroatoms. The summed E-state index contributed by atoms with van der Waals surface area (Å²) in [7, 11) is 1.54. The molecule has 0 bridgehead atoms. The first-order valence-electron chi connectivity index (χ1n) is 7.62. The van der Waals surface area contributed by atoms with E-state index in [1.165, 1.54) is 13.2 Å². The molecule has 0 spiro atoms. The van der Waals surface area contributed by atoms with E-state index >= 15 is 0 Å². The van der Waals surface area contributed by atoms with Crippen molar-refractivity contribution < 1.29 is 24.4 Å². The Morgan fingerprint density at radius 3 is 2.56 bits per heavy atom. The van der Waals surface area contributed by atoms with E-state index in [-0.39, 0.29) is 12.1 Å². The number of phenolic OH excluding ortho intramolecular Hbond substituents is 1. The zero-order valence-electron chi connectivity index (χ0n) is 14.2. The Hall–Kier alpha value is -3.95. The maximum Gasteiger partial charge on any atom is 0.329 e. The Bertz CT molecular complexity index is 879. The third-order valence-corrected chi connectivity index (χ3v) is 3.39. The predicted octanol–water partition coefficient (Wildman–Crippen LogP) is 1.08. The Labute approximate surface area is 153 Å². The molecule has 2 aromatic carbocycles. The van der Waals surface area contributed by atoms with Gasteiger partial charge in [-0.2, -0.15) is 5.10 Å². The molecule has 10 nitrogen and oxygen atoms in total. The lowest BCUT2D eigenvalue weighted by Crippen LogP contribution is -2.37. The number of aromatic hydroxyl groups is 1.